The van der Waals surface area contributed by atoms with Gasteiger partial charge in [0.15, 0.2) is 0 Å². The third kappa shape index (κ3) is 4.83. The summed E-state index contributed by atoms with van der Waals surface area (Å²) in [5, 5.41) is 0. The summed E-state index contributed by atoms with van der Waals surface area (Å²) in [6, 6.07) is 0. The van der Waals surface area contributed by atoms with Gasteiger partial charge >= 0.3 is 0 Å². The Kier molecular flexibility index (Phi) is 5.82. The molecule has 1 saturated heterocycles. The topological polar surface area (TPSA) is 37.4 Å². The Hall–Kier alpha value is -0.860. The Morgan fingerprint density at radius 2 is 1.50 bits per heavy atom. The van der Waals surface area contributed by atoms with Crippen LogP contribution in [0.15, 0.2) is 0 Å². The summed E-state index contributed by atoms with van der Waals surface area (Å²) in [4.78, 5) is 27.1. The summed E-state index contributed by atoms with van der Waals surface area (Å²) in [7, 11) is 0. The number of rotatable bonds is 3. The van der Waals surface area contributed by atoms with E-state index in [-0.39, 0.29) is 11.3 Å². The van der Waals surface area contributed by atoms with E-state index in [1.807, 2.05) is 25.7 Å². The maximum absolute atomic E-state index is 12.8. The lowest BCUT2D eigenvalue weighted by atomic mass is 9.69. The van der Waals surface area contributed by atoms with Gasteiger partial charge in [0.1, 0.15) is 5.78 Å². The van der Waals surface area contributed by atoms with Crippen LogP contribution in [0.5, 0.6) is 0 Å². The predicted octanol–water partition coefficient (Wildman–Crippen LogP) is 4.69. The maximum Gasteiger partial charge on any atom is 0.225 e. The third-order valence-corrected chi connectivity index (χ3v) is 6.21. The van der Waals surface area contributed by atoms with Crippen molar-refractivity contribution in [1.82, 2.24) is 4.90 Å². The maximum atomic E-state index is 12.8. The molecular formula is C21H37NO2. The van der Waals surface area contributed by atoms with Gasteiger partial charge in [-0.05, 0) is 49.4 Å². The number of carbonyl (C=O) groups is 2. The fourth-order valence-electron chi connectivity index (χ4n) is 4.23. The van der Waals surface area contributed by atoms with Crippen LogP contribution in [0.1, 0.15) is 80.1 Å². The summed E-state index contributed by atoms with van der Waals surface area (Å²) < 4.78 is 0. The van der Waals surface area contributed by atoms with Gasteiger partial charge < -0.3 is 4.90 Å². The number of hydrogen-bond acceptors (Lipinski definition) is 2. The van der Waals surface area contributed by atoms with Crippen molar-refractivity contribution in [2.45, 2.75) is 80.1 Å². The van der Waals surface area contributed by atoms with Crippen LogP contribution < -0.4 is 0 Å². The van der Waals surface area contributed by atoms with Crippen LogP contribution in [0.4, 0.5) is 0 Å². The van der Waals surface area contributed by atoms with Gasteiger partial charge in [-0.2, -0.15) is 0 Å². The molecule has 0 spiro atoms. The fourth-order valence-corrected chi connectivity index (χ4v) is 4.23. The van der Waals surface area contributed by atoms with E-state index in [0.717, 1.165) is 38.3 Å². The van der Waals surface area contributed by atoms with Crippen LogP contribution in [0.3, 0.4) is 0 Å². The largest absolute Gasteiger partial charge is 0.342 e. The molecule has 0 aromatic rings. The Labute approximate surface area is 148 Å². The molecule has 0 N–H and O–H groups in total. The van der Waals surface area contributed by atoms with Gasteiger partial charge in [0.05, 0.1) is 0 Å². The quantitative estimate of drug-likeness (QED) is 0.750. The SMILES string of the molecule is CC(C)(C)C(=O)CC1CCN(C(=O)C2CCC(C(C)(C)C)CC2)C1. The molecule has 1 atom stereocenters. The van der Waals surface area contributed by atoms with E-state index in [2.05, 4.69) is 20.8 Å². The average Bonchev–Trinajstić information content (AvgIpc) is 2.93. The van der Waals surface area contributed by atoms with Crippen LogP contribution in [0.25, 0.3) is 0 Å². The molecule has 1 heterocycles. The number of likely N-dealkylation sites (tertiary alicyclic amines) is 1. The van der Waals surface area contributed by atoms with Gasteiger partial charge in [-0.3, -0.25) is 9.59 Å². The molecule has 0 aromatic carbocycles. The van der Waals surface area contributed by atoms with Gasteiger partial charge in [0.25, 0.3) is 0 Å². The molecule has 3 heteroatoms. The van der Waals surface area contributed by atoms with Gasteiger partial charge in [-0.1, -0.05) is 41.5 Å². The Morgan fingerprint density at radius 3 is 2.00 bits per heavy atom. The standard InChI is InChI=1S/C21H37NO2/c1-20(2,3)17-9-7-16(8-10-17)19(24)22-12-11-15(14-22)13-18(23)21(4,5)6/h15-17H,7-14H2,1-6H3. The summed E-state index contributed by atoms with van der Waals surface area (Å²) in [5.74, 6) is 2.02. The van der Waals surface area contributed by atoms with Gasteiger partial charge in [-0.15, -0.1) is 0 Å². The minimum absolute atomic E-state index is 0.223. The minimum atomic E-state index is -0.261. The summed E-state index contributed by atoms with van der Waals surface area (Å²) in [6.45, 7) is 14.5. The number of hydrogen-bond donors (Lipinski definition) is 0. The molecule has 1 amide bonds. The second kappa shape index (κ2) is 7.17. The van der Waals surface area contributed by atoms with Gasteiger partial charge in [-0.25, -0.2) is 0 Å². The molecule has 2 aliphatic rings. The van der Waals surface area contributed by atoms with E-state index in [0.29, 0.717) is 29.4 Å². The average molecular weight is 336 g/mol. The predicted molar refractivity (Wildman–Crippen MR) is 98.7 cm³/mol. The molecular weight excluding hydrogens is 298 g/mol. The zero-order chi connectivity index (χ0) is 18.1. The van der Waals surface area contributed by atoms with Crippen LogP contribution in [-0.4, -0.2) is 29.7 Å². The number of ketones is 1. The summed E-state index contributed by atoms with van der Waals surface area (Å²) >= 11 is 0. The van der Waals surface area contributed by atoms with Crippen molar-refractivity contribution in [1.29, 1.82) is 0 Å². The van der Waals surface area contributed by atoms with Crippen LogP contribution in [0.2, 0.25) is 0 Å². The van der Waals surface area contributed by atoms with Crippen molar-refractivity contribution in [3.8, 4) is 0 Å². The van der Waals surface area contributed by atoms with Crippen molar-refractivity contribution in [2.75, 3.05) is 13.1 Å². The Balaban J connectivity index is 1.82. The number of nitrogens with zero attached hydrogens (tertiary/aromatic N) is 1. The highest BCUT2D eigenvalue weighted by Gasteiger charge is 2.37. The van der Waals surface area contributed by atoms with E-state index in [1.54, 1.807) is 0 Å². The van der Waals surface area contributed by atoms with E-state index >= 15 is 0 Å². The van der Waals surface area contributed by atoms with Crippen molar-refractivity contribution < 1.29 is 9.59 Å². The number of carbonyl (C=O) groups excluding carboxylic acids is 2. The van der Waals surface area contributed by atoms with Gasteiger partial charge in [0.2, 0.25) is 5.91 Å². The minimum Gasteiger partial charge on any atom is -0.342 e. The Bertz CT molecular complexity index is 461. The zero-order valence-electron chi connectivity index (χ0n) is 16.7. The first-order valence-electron chi connectivity index (χ1n) is 9.80. The molecule has 1 aliphatic carbocycles. The molecule has 1 aliphatic heterocycles. The Morgan fingerprint density at radius 1 is 0.917 bits per heavy atom. The molecule has 138 valence electrons. The first-order chi connectivity index (χ1) is 11.0. The van der Waals surface area contributed by atoms with E-state index in [9.17, 15) is 9.59 Å². The normalized spacial score (nSPS) is 28.9. The third-order valence-electron chi connectivity index (χ3n) is 6.21. The highest BCUT2D eigenvalue weighted by atomic mass is 16.2. The first-order valence-corrected chi connectivity index (χ1v) is 9.80. The lowest BCUT2D eigenvalue weighted by Gasteiger charge is -2.37. The van der Waals surface area contributed by atoms with Crippen molar-refractivity contribution in [3.63, 3.8) is 0 Å². The second-order valence-corrected chi connectivity index (χ2v) is 10.2. The van der Waals surface area contributed by atoms with Crippen molar-refractivity contribution in [3.05, 3.63) is 0 Å². The molecule has 2 rings (SSSR count). The zero-order valence-corrected chi connectivity index (χ0v) is 16.7. The van der Waals surface area contributed by atoms with Crippen LogP contribution >= 0.6 is 0 Å². The molecule has 2 fully saturated rings. The smallest absolute Gasteiger partial charge is 0.225 e. The number of Topliss-reactive ketones (excluding diaryl/α,β-unsaturated/α-hetero) is 1. The molecule has 0 aromatic heterocycles. The molecule has 1 saturated carbocycles. The van der Waals surface area contributed by atoms with Crippen molar-refractivity contribution in [2.24, 2.45) is 28.6 Å². The van der Waals surface area contributed by atoms with Crippen molar-refractivity contribution >= 4 is 11.7 Å². The second-order valence-electron chi connectivity index (χ2n) is 10.2. The van der Waals surface area contributed by atoms with Gasteiger partial charge in [0, 0.05) is 30.8 Å². The molecule has 0 bridgehead atoms. The highest BCUT2D eigenvalue weighted by molar-refractivity contribution is 5.84. The van der Waals surface area contributed by atoms with E-state index < -0.39 is 0 Å². The first kappa shape index (κ1) is 19.5. The monoisotopic (exact) mass is 335 g/mol. The van der Waals surface area contributed by atoms with E-state index in [4.69, 9.17) is 0 Å². The fraction of sp³-hybridized carbons (Fsp3) is 0.905. The molecule has 3 nitrogen and oxygen atoms in total. The molecule has 1 unspecified atom stereocenters. The lowest BCUT2D eigenvalue weighted by molar-refractivity contribution is -0.136. The number of amides is 1. The van der Waals surface area contributed by atoms with E-state index in [1.165, 1.54) is 12.8 Å². The van der Waals surface area contributed by atoms with Crippen LogP contribution in [0, 0.1) is 28.6 Å². The summed E-state index contributed by atoms with van der Waals surface area (Å²) in [6.07, 6.45) is 6.07. The lowest BCUT2D eigenvalue weighted by Crippen LogP contribution is -2.37. The highest BCUT2D eigenvalue weighted by Crippen LogP contribution is 2.40. The molecule has 0 radical (unpaired) electrons. The van der Waals surface area contributed by atoms with Crippen LogP contribution in [-0.2, 0) is 9.59 Å². The summed E-state index contributed by atoms with van der Waals surface area (Å²) in [5.41, 5.74) is 0.100. The molecule has 24 heavy (non-hydrogen) atoms.